The molecule has 5 heteroatoms. The molecular weight excluding hydrogens is 255 g/mol. The van der Waals surface area contributed by atoms with E-state index < -0.39 is 0 Å². The van der Waals surface area contributed by atoms with Crippen LogP contribution in [0.1, 0.15) is 5.82 Å². The van der Waals surface area contributed by atoms with Gasteiger partial charge in [0.1, 0.15) is 0 Å². The van der Waals surface area contributed by atoms with Gasteiger partial charge in [-0.25, -0.2) is 0 Å². The third kappa shape index (κ3) is 1.91. The molecule has 0 atom stereocenters. The van der Waals surface area contributed by atoms with E-state index in [4.69, 9.17) is 4.74 Å². The van der Waals surface area contributed by atoms with Crippen molar-refractivity contribution in [1.82, 2.24) is 14.5 Å². The molecule has 4 nitrogen and oxygen atoms in total. The van der Waals surface area contributed by atoms with E-state index in [1.54, 1.807) is 24.1 Å². The fourth-order valence-corrected chi connectivity index (χ4v) is 1.18. The molecule has 1 N–H and O–H groups in total. The molecule has 0 amide bonds. The van der Waals surface area contributed by atoms with Crippen LogP contribution in [0.5, 0.6) is 5.75 Å². The van der Waals surface area contributed by atoms with Gasteiger partial charge in [-0.1, -0.05) is 18.9 Å². The minimum Gasteiger partial charge on any atom is -0.575 e. The second kappa shape index (κ2) is 4.76. The minimum atomic E-state index is 0. The van der Waals surface area contributed by atoms with Gasteiger partial charge in [-0.15, -0.1) is 18.1 Å². The molecule has 2 rings (SSSR count). The standard InChI is InChI=1S/C9H9N3O.Y/c1-7-11-3-4-12(7)8-5-10-6-9(8)13-2;/h3,6,10H,1-2H3;/q-2;. The third-order valence-corrected chi connectivity index (χ3v) is 1.83. The summed E-state index contributed by atoms with van der Waals surface area (Å²) in [5, 5.41) is 0. The van der Waals surface area contributed by atoms with Gasteiger partial charge in [-0.3, -0.25) is 0 Å². The van der Waals surface area contributed by atoms with Crippen molar-refractivity contribution in [2.45, 2.75) is 6.92 Å². The summed E-state index contributed by atoms with van der Waals surface area (Å²) in [4.78, 5) is 6.91. The average Bonchev–Trinajstić information content (AvgIpc) is 2.71. The van der Waals surface area contributed by atoms with E-state index >= 15 is 0 Å². The van der Waals surface area contributed by atoms with Crippen molar-refractivity contribution in [2.75, 3.05) is 7.11 Å². The first-order chi connectivity index (χ1) is 6.33. The van der Waals surface area contributed by atoms with Crippen molar-refractivity contribution in [2.24, 2.45) is 0 Å². The molecule has 0 unspecified atom stereocenters. The Morgan fingerprint density at radius 3 is 2.93 bits per heavy atom. The van der Waals surface area contributed by atoms with Crippen molar-refractivity contribution >= 4 is 0 Å². The van der Waals surface area contributed by atoms with Gasteiger partial charge >= 0.3 is 0 Å². The first-order valence-electron chi connectivity index (χ1n) is 3.88. The maximum Gasteiger partial charge on any atom is 0.0578 e. The number of aromatic amines is 1. The molecule has 0 fully saturated rings. The van der Waals surface area contributed by atoms with Crippen LogP contribution < -0.4 is 4.74 Å². The second-order valence-electron chi connectivity index (χ2n) is 2.60. The zero-order valence-electron chi connectivity index (χ0n) is 8.03. The average molecular weight is 264 g/mol. The number of ether oxygens (including phenoxy) is 1. The van der Waals surface area contributed by atoms with Crippen molar-refractivity contribution in [3.8, 4) is 11.4 Å². The van der Waals surface area contributed by atoms with Crippen molar-refractivity contribution in [3.63, 3.8) is 0 Å². The molecule has 0 saturated carbocycles. The number of methoxy groups -OCH3 is 1. The first-order valence-corrected chi connectivity index (χ1v) is 3.88. The second-order valence-corrected chi connectivity index (χ2v) is 2.60. The molecule has 1 radical (unpaired) electrons. The van der Waals surface area contributed by atoms with Gasteiger partial charge < -0.3 is 19.3 Å². The summed E-state index contributed by atoms with van der Waals surface area (Å²) in [6.07, 6.45) is 9.26. The Bertz CT molecular complexity index is 408. The van der Waals surface area contributed by atoms with E-state index in [1.807, 2.05) is 6.92 Å². The summed E-state index contributed by atoms with van der Waals surface area (Å²) < 4.78 is 6.92. The zero-order chi connectivity index (χ0) is 9.26. The Morgan fingerprint density at radius 2 is 2.36 bits per heavy atom. The molecule has 0 bridgehead atoms. The van der Waals surface area contributed by atoms with Crippen LogP contribution >= 0.6 is 0 Å². The van der Waals surface area contributed by atoms with Crippen LogP contribution in [-0.4, -0.2) is 21.6 Å². The first kappa shape index (κ1) is 11.5. The largest absolute Gasteiger partial charge is 0.575 e. The maximum absolute atomic E-state index is 5.13. The molecule has 2 aromatic heterocycles. The number of nitrogens with one attached hydrogen (secondary N) is 1. The Kier molecular flexibility index (Phi) is 3.90. The fraction of sp³-hybridized carbons (Fsp3) is 0.222. The number of H-pyrrole nitrogens is 1. The molecule has 2 heterocycles. The van der Waals surface area contributed by atoms with Gasteiger partial charge in [0.15, 0.2) is 0 Å². The van der Waals surface area contributed by atoms with Gasteiger partial charge in [-0.05, 0) is 12.0 Å². The van der Waals surface area contributed by atoms with E-state index in [0.717, 1.165) is 17.3 Å². The number of nitrogens with zero attached hydrogens (tertiary/aromatic N) is 2. The van der Waals surface area contributed by atoms with Crippen molar-refractivity contribution < 1.29 is 37.4 Å². The Labute approximate surface area is 108 Å². The van der Waals surface area contributed by atoms with Gasteiger partial charge in [-0.2, -0.15) is 0 Å². The summed E-state index contributed by atoms with van der Waals surface area (Å²) in [5.41, 5.74) is 0.803. The summed E-state index contributed by atoms with van der Waals surface area (Å²) in [6, 6.07) is 0. The van der Waals surface area contributed by atoms with E-state index in [2.05, 4.69) is 22.4 Å². The number of hydrogen-bond acceptors (Lipinski definition) is 2. The Morgan fingerprint density at radius 1 is 1.57 bits per heavy atom. The fourth-order valence-electron chi connectivity index (χ4n) is 1.18. The predicted octanol–water partition coefficient (Wildman–Crippen LogP) is 1.12. The van der Waals surface area contributed by atoms with Crippen LogP contribution in [0, 0.1) is 19.3 Å². The molecule has 0 saturated heterocycles. The molecule has 14 heavy (non-hydrogen) atoms. The Balaban J connectivity index is 0.000000980. The van der Waals surface area contributed by atoms with Crippen LogP contribution in [0.4, 0.5) is 0 Å². The summed E-state index contributed by atoms with van der Waals surface area (Å²) >= 11 is 0. The smallest absolute Gasteiger partial charge is 0.0578 e. The van der Waals surface area contributed by atoms with E-state index in [9.17, 15) is 0 Å². The predicted molar refractivity (Wildman–Crippen MR) is 46.9 cm³/mol. The zero-order valence-corrected chi connectivity index (χ0v) is 10.9. The summed E-state index contributed by atoms with van der Waals surface area (Å²) in [6.45, 7) is 1.90. The minimum absolute atomic E-state index is 0. The molecule has 0 aliphatic carbocycles. The number of hydrogen-bond donors (Lipinski definition) is 1. The van der Waals surface area contributed by atoms with Gasteiger partial charge in [0.2, 0.25) is 0 Å². The van der Waals surface area contributed by atoms with Crippen LogP contribution in [-0.2, 0) is 32.7 Å². The van der Waals surface area contributed by atoms with E-state index in [-0.39, 0.29) is 32.7 Å². The van der Waals surface area contributed by atoms with Crippen LogP contribution in [0.2, 0.25) is 0 Å². The molecule has 0 aliphatic rings. The molecule has 0 spiro atoms. The molecule has 71 valence electrons. The van der Waals surface area contributed by atoms with Crippen LogP contribution in [0.15, 0.2) is 12.4 Å². The monoisotopic (exact) mass is 264 g/mol. The van der Waals surface area contributed by atoms with Crippen LogP contribution in [0.25, 0.3) is 5.69 Å². The summed E-state index contributed by atoms with van der Waals surface area (Å²) in [5.74, 6) is 1.59. The SMILES string of the molecule is COc1c[nH][c-]c1-n1[c-]cnc1C.[Y]. The molecule has 0 aromatic carbocycles. The van der Waals surface area contributed by atoms with Gasteiger partial charge in [0.05, 0.1) is 7.11 Å². The third-order valence-electron chi connectivity index (χ3n) is 1.83. The summed E-state index contributed by atoms with van der Waals surface area (Å²) in [7, 11) is 1.62. The van der Waals surface area contributed by atoms with Gasteiger partial charge in [0.25, 0.3) is 0 Å². The van der Waals surface area contributed by atoms with Crippen molar-refractivity contribution in [3.05, 3.63) is 30.6 Å². The van der Waals surface area contributed by atoms with Crippen LogP contribution in [0.3, 0.4) is 0 Å². The number of aryl methyl sites for hydroxylation is 1. The molecular formula is C9H9N3OY-2. The van der Waals surface area contributed by atoms with Gasteiger partial charge in [0, 0.05) is 32.7 Å². The van der Waals surface area contributed by atoms with E-state index in [0.29, 0.717) is 0 Å². The molecule has 2 aromatic rings. The molecule has 0 aliphatic heterocycles. The Hall–Kier alpha value is -0.606. The normalized spacial score (nSPS) is 9.57. The quantitative estimate of drug-likeness (QED) is 0.826. The number of imidazole rings is 1. The number of aromatic nitrogens is 3. The van der Waals surface area contributed by atoms with E-state index in [1.165, 1.54) is 0 Å². The maximum atomic E-state index is 5.13. The van der Waals surface area contributed by atoms with Crippen molar-refractivity contribution in [1.29, 1.82) is 0 Å². The number of rotatable bonds is 2. The topological polar surface area (TPSA) is 42.8 Å².